The molecule has 0 radical (unpaired) electrons. The molecule has 0 aliphatic rings. The zero-order valence-electron chi connectivity index (χ0n) is 11.4. The maximum Gasteiger partial charge on any atom is 0.317 e. The number of hydrogen-bond acceptors (Lipinski definition) is 5. The Morgan fingerprint density at radius 3 is 3.10 bits per heavy atom. The summed E-state index contributed by atoms with van der Waals surface area (Å²) in [5, 5.41) is 13.7. The summed E-state index contributed by atoms with van der Waals surface area (Å²) < 4.78 is 5.36. The molecule has 0 saturated carbocycles. The number of aromatic nitrogens is 1. The van der Waals surface area contributed by atoms with Crippen molar-refractivity contribution >= 4 is 17.4 Å². The molecule has 7 heteroatoms. The number of hydrogen-bond donors (Lipinski definition) is 2. The summed E-state index contributed by atoms with van der Waals surface area (Å²) in [5.74, 6) is 0.557. The Kier molecular flexibility index (Phi) is 4.75. The lowest BCUT2D eigenvalue weighted by Crippen LogP contribution is -2.43. The first-order valence-corrected chi connectivity index (χ1v) is 7.09. The Hall–Kier alpha value is -1.86. The van der Waals surface area contributed by atoms with Crippen molar-refractivity contribution in [3.05, 3.63) is 29.5 Å². The van der Waals surface area contributed by atoms with E-state index in [4.69, 9.17) is 9.52 Å². The molecule has 1 atom stereocenters. The number of urea groups is 1. The van der Waals surface area contributed by atoms with E-state index in [1.165, 1.54) is 11.2 Å². The molecular weight excluding hydrogens is 278 g/mol. The van der Waals surface area contributed by atoms with Crippen LogP contribution >= 0.6 is 11.3 Å². The highest BCUT2D eigenvalue weighted by Crippen LogP contribution is 2.23. The highest BCUT2D eigenvalue weighted by atomic mass is 32.1. The molecule has 2 heterocycles. The van der Waals surface area contributed by atoms with Gasteiger partial charge in [-0.25, -0.2) is 9.78 Å². The molecule has 0 fully saturated rings. The van der Waals surface area contributed by atoms with Crippen molar-refractivity contribution in [2.75, 3.05) is 13.7 Å². The van der Waals surface area contributed by atoms with Gasteiger partial charge in [-0.05, 0) is 18.4 Å². The fourth-order valence-electron chi connectivity index (χ4n) is 1.52. The van der Waals surface area contributed by atoms with Crippen molar-refractivity contribution < 1.29 is 14.3 Å². The minimum Gasteiger partial charge on any atom is -0.443 e. The van der Waals surface area contributed by atoms with Gasteiger partial charge in [0.25, 0.3) is 0 Å². The van der Waals surface area contributed by atoms with Gasteiger partial charge >= 0.3 is 6.03 Å². The summed E-state index contributed by atoms with van der Waals surface area (Å²) >= 11 is 1.55. The Morgan fingerprint density at radius 1 is 1.65 bits per heavy atom. The van der Waals surface area contributed by atoms with E-state index < -0.39 is 0 Å². The van der Waals surface area contributed by atoms with Gasteiger partial charge in [0.05, 0.1) is 29.8 Å². The van der Waals surface area contributed by atoms with E-state index in [2.05, 4.69) is 10.3 Å². The minimum atomic E-state index is -0.257. The normalized spacial score (nSPS) is 12.2. The fraction of sp³-hybridized carbons (Fsp3) is 0.385. The molecule has 0 aliphatic carbocycles. The first kappa shape index (κ1) is 14.5. The van der Waals surface area contributed by atoms with Crippen molar-refractivity contribution in [2.24, 2.45) is 0 Å². The average molecular weight is 295 g/mol. The van der Waals surface area contributed by atoms with Gasteiger partial charge in [-0.3, -0.25) is 0 Å². The SMILES string of the molecule is CC(CO)N(C)C(=O)NCc1coc(-c2cccs2)n1. The molecule has 0 aliphatic heterocycles. The predicted octanol–water partition coefficient (Wildman–Crippen LogP) is 1.93. The monoisotopic (exact) mass is 295 g/mol. The van der Waals surface area contributed by atoms with E-state index in [1.54, 1.807) is 25.3 Å². The molecule has 2 N–H and O–H groups in total. The van der Waals surface area contributed by atoms with E-state index in [0.717, 1.165) is 4.88 Å². The van der Waals surface area contributed by atoms with Gasteiger partial charge in [-0.1, -0.05) is 6.07 Å². The maximum atomic E-state index is 11.8. The number of thiophene rings is 1. The Bertz CT molecular complexity index is 553. The topological polar surface area (TPSA) is 78.6 Å². The summed E-state index contributed by atoms with van der Waals surface area (Å²) in [7, 11) is 1.64. The van der Waals surface area contributed by atoms with Crippen LogP contribution in [0.3, 0.4) is 0 Å². The Balaban J connectivity index is 1.90. The second-order valence-corrected chi connectivity index (χ2v) is 5.37. The predicted molar refractivity (Wildman–Crippen MR) is 76.4 cm³/mol. The second kappa shape index (κ2) is 6.53. The number of rotatable bonds is 5. The molecule has 2 aromatic heterocycles. The van der Waals surface area contributed by atoms with Crippen molar-refractivity contribution in [3.8, 4) is 10.8 Å². The highest BCUT2D eigenvalue weighted by molar-refractivity contribution is 7.13. The van der Waals surface area contributed by atoms with Crippen LogP contribution in [-0.2, 0) is 6.54 Å². The minimum absolute atomic E-state index is 0.0730. The van der Waals surface area contributed by atoms with Crippen molar-refractivity contribution in [2.45, 2.75) is 19.5 Å². The number of aliphatic hydroxyl groups is 1. The summed E-state index contributed by atoms with van der Waals surface area (Å²) in [6.07, 6.45) is 1.53. The van der Waals surface area contributed by atoms with Crippen LogP contribution < -0.4 is 5.32 Å². The number of oxazole rings is 1. The molecule has 6 nitrogen and oxygen atoms in total. The molecule has 0 saturated heterocycles. The lowest BCUT2D eigenvalue weighted by atomic mass is 10.3. The largest absolute Gasteiger partial charge is 0.443 e. The van der Waals surface area contributed by atoms with Crippen LogP contribution in [0.5, 0.6) is 0 Å². The number of nitrogens with zero attached hydrogens (tertiary/aromatic N) is 2. The number of carbonyl (C=O) groups excluding carboxylic acids is 1. The molecule has 2 aromatic rings. The summed E-state index contributed by atoms with van der Waals surface area (Å²) in [4.78, 5) is 18.5. The molecule has 1 unspecified atom stereocenters. The second-order valence-electron chi connectivity index (χ2n) is 4.42. The lowest BCUT2D eigenvalue weighted by Gasteiger charge is -2.23. The van der Waals surface area contributed by atoms with Gasteiger partial charge in [-0.2, -0.15) is 0 Å². The van der Waals surface area contributed by atoms with Crippen LogP contribution in [0.25, 0.3) is 10.8 Å². The van der Waals surface area contributed by atoms with E-state index in [1.807, 2.05) is 17.5 Å². The first-order chi connectivity index (χ1) is 9.61. The Morgan fingerprint density at radius 2 is 2.45 bits per heavy atom. The van der Waals surface area contributed by atoms with Crippen LogP contribution in [0.1, 0.15) is 12.6 Å². The van der Waals surface area contributed by atoms with E-state index in [-0.39, 0.29) is 25.2 Å². The molecule has 0 aromatic carbocycles. The summed E-state index contributed by atoms with van der Waals surface area (Å²) in [5.41, 5.74) is 0.659. The van der Waals surface area contributed by atoms with Crippen molar-refractivity contribution in [1.82, 2.24) is 15.2 Å². The maximum absolute atomic E-state index is 11.8. The third-order valence-electron chi connectivity index (χ3n) is 2.95. The van der Waals surface area contributed by atoms with Crippen LogP contribution in [0, 0.1) is 0 Å². The van der Waals surface area contributed by atoms with Gasteiger partial charge < -0.3 is 19.7 Å². The molecule has 2 rings (SSSR count). The molecular formula is C13H17N3O3S. The van der Waals surface area contributed by atoms with Gasteiger partial charge in [0.15, 0.2) is 0 Å². The van der Waals surface area contributed by atoms with E-state index in [0.29, 0.717) is 11.6 Å². The third-order valence-corrected chi connectivity index (χ3v) is 3.81. The number of aliphatic hydroxyl groups excluding tert-OH is 1. The Labute approximate surface area is 121 Å². The number of nitrogens with one attached hydrogen (secondary N) is 1. The molecule has 20 heavy (non-hydrogen) atoms. The quantitative estimate of drug-likeness (QED) is 0.883. The van der Waals surface area contributed by atoms with Crippen LogP contribution in [-0.4, -0.2) is 40.7 Å². The summed E-state index contributed by atoms with van der Waals surface area (Å²) in [6.45, 7) is 1.98. The molecule has 2 amide bonds. The smallest absolute Gasteiger partial charge is 0.317 e. The van der Waals surface area contributed by atoms with Gasteiger partial charge in [0.2, 0.25) is 5.89 Å². The molecule has 0 spiro atoms. The molecule has 0 bridgehead atoms. The summed E-state index contributed by atoms with van der Waals surface area (Å²) in [6, 6.07) is 3.37. The van der Waals surface area contributed by atoms with Gasteiger partial charge in [-0.15, -0.1) is 11.3 Å². The van der Waals surface area contributed by atoms with Crippen molar-refractivity contribution in [1.29, 1.82) is 0 Å². The highest BCUT2D eigenvalue weighted by Gasteiger charge is 2.15. The zero-order valence-corrected chi connectivity index (χ0v) is 12.2. The zero-order chi connectivity index (χ0) is 14.5. The van der Waals surface area contributed by atoms with E-state index >= 15 is 0 Å². The van der Waals surface area contributed by atoms with Gasteiger partial charge in [0.1, 0.15) is 6.26 Å². The average Bonchev–Trinajstić information content (AvgIpc) is 3.13. The number of amides is 2. The van der Waals surface area contributed by atoms with Crippen LogP contribution in [0.2, 0.25) is 0 Å². The molecule has 108 valence electrons. The lowest BCUT2D eigenvalue weighted by molar-refractivity contribution is 0.157. The number of likely N-dealkylation sites (N-methyl/N-ethyl adjacent to an activating group) is 1. The first-order valence-electron chi connectivity index (χ1n) is 6.21. The third kappa shape index (κ3) is 3.37. The number of carbonyl (C=O) groups is 1. The van der Waals surface area contributed by atoms with Crippen LogP contribution in [0.4, 0.5) is 4.79 Å². The van der Waals surface area contributed by atoms with Crippen LogP contribution in [0.15, 0.2) is 28.2 Å². The standard InChI is InChI=1S/C13H17N3O3S/c1-9(7-17)16(2)13(18)14-6-10-8-19-12(15-10)11-4-3-5-20-11/h3-5,8-9,17H,6-7H2,1-2H3,(H,14,18). The van der Waals surface area contributed by atoms with Gasteiger partial charge in [0, 0.05) is 7.05 Å². The van der Waals surface area contributed by atoms with Crippen molar-refractivity contribution in [3.63, 3.8) is 0 Å². The fourth-order valence-corrected chi connectivity index (χ4v) is 2.17. The van der Waals surface area contributed by atoms with E-state index in [9.17, 15) is 4.79 Å².